The highest BCUT2D eigenvalue weighted by Gasteiger charge is 2.51. The van der Waals surface area contributed by atoms with Crippen molar-refractivity contribution in [2.45, 2.75) is 32.6 Å². The summed E-state index contributed by atoms with van der Waals surface area (Å²) in [7, 11) is 0. The van der Waals surface area contributed by atoms with E-state index in [9.17, 15) is 4.79 Å². The van der Waals surface area contributed by atoms with Gasteiger partial charge in [-0.2, -0.15) is 0 Å². The predicted molar refractivity (Wildman–Crippen MR) is 62.8 cm³/mol. The lowest BCUT2D eigenvalue weighted by Gasteiger charge is -2.44. The lowest BCUT2D eigenvalue weighted by Crippen LogP contribution is -2.45. The number of hydrogen-bond acceptors (Lipinski definition) is 2. The highest BCUT2D eigenvalue weighted by Crippen LogP contribution is 2.54. The van der Waals surface area contributed by atoms with Crippen LogP contribution in [-0.2, 0) is 4.79 Å². The molecule has 1 aromatic rings. The average Bonchev–Trinajstić information content (AvgIpc) is 2.59. The van der Waals surface area contributed by atoms with E-state index in [-0.39, 0.29) is 5.41 Å². The Hall–Kier alpha value is -0.150. The van der Waals surface area contributed by atoms with Gasteiger partial charge < -0.3 is 0 Å². The average molecular weight is 273 g/mol. The molecule has 0 aliphatic heterocycles. The first-order valence-electron chi connectivity index (χ1n) is 4.85. The minimum absolute atomic E-state index is 0.104. The van der Waals surface area contributed by atoms with Gasteiger partial charge in [-0.25, -0.2) is 0 Å². The summed E-state index contributed by atoms with van der Waals surface area (Å²) in [5.41, 5.74) is -0.104. The molecular weight excluding hydrogens is 260 g/mol. The second kappa shape index (κ2) is 3.46. The van der Waals surface area contributed by atoms with Crippen LogP contribution < -0.4 is 0 Å². The number of carbonyl (C=O) groups is 1. The van der Waals surface area contributed by atoms with E-state index in [0.29, 0.717) is 11.7 Å². The van der Waals surface area contributed by atoms with Gasteiger partial charge in [0, 0.05) is 27.1 Å². The fourth-order valence-corrected chi connectivity index (χ4v) is 3.99. The number of halogens is 1. The van der Waals surface area contributed by atoms with Gasteiger partial charge in [0.05, 0.1) is 0 Å². The second-order valence-corrected chi connectivity index (χ2v) is 5.89. The van der Waals surface area contributed by atoms with Gasteiger partial charge in [0.1, 0.15) is 5.78 Å². The van der Waals surface area contributed by atoms with Gasteiger partial charge in [-0.1, -0.05) is 13.8 Å². The summed E-state index contributed by atoms with van der Waals surface area (Å²) in [5, 5.41) is 2.08. The van der Waals surface area contributed by atoms with Gasteiger partial charge in [-0.05, 0) is 33.8 Å². The van der Waals surface area contributed by atoms with E-state index in [1.54, 1.807) is 11.3 Å². The van der Waals surface area contributed by atoms with Crippen LogP contribution in [0.3, 0.4) is 0 Å². The number of carbonyl (C=O) groups excluding carboxylic acids is 1. The first-order chi connectivity index (χ1) is 6.59. The molecule has 0 spiro atoms. The van der Waals surface area contributed by atoms with Gasteiger partial charge in [0.2, 0.25) is 0 Å². The van der Waals surface area contributed by atoms with Crippen molar-refractivity contribution in [3.05, 3.63) is 20.8 Å². The molecule has 1 heterocycles. The smallest absolute Gasteiger partial charge is 0.140 e. The Labute approximate surface area is 96.6 Å². The topological polar surface area (TPSA) is 17.1 Å². The van der Waals surface area contributed by atoms with Crippen molar-refractivity contribution in [2.75, 3.05) is 0 Å². The molecule has 3 heteroatoms. The zero-order valence-electron chi connectivity index (χ0n) is 8.34. The molecule has 1 saturated carbocycles. The molecule has 2 unspecified atom stereocenters. The molecule has 1 aliphatic rings. The summed E-state index contributed by atoms with van der Waals surface area (Å²) < 4.78 is 1.17. The molecule has 1 nitrogen and oxygen atoms in total. The van der Waals surface area contributed by atoms with Crippen LogP contribution in [0.15, 0.2) is 15.9 Å². The third-order valence-corrected chi connectivity index (χ3v) is 5.48. The van der Waals surface area contributed by atoms with Gasteiger partial charge in [0.25, 0.3) is 0 Å². The maximum atomic E-state index is 11.6. The lowest BCUT2D eigenvalue weighted by molar-refractivity contribution is -0.139. The maximum absolute atomic E-state index is 11.6. The van der Waals surface area contributed by atoms with Crippen molar-refractivity contribution in [3.63, 3.8) is 0 Å². The summed E-state index contributed by atoms with van der Waals surface area (Å²) in [5.74, 6) is 0.861. The monoisotopic (exact) mass is 272 g/mol. The van der Waals surface area contributed by atoms with Crippen molar-refractivity contribution >= 4 is 33.0 Å². The third-order valence-electron chi connectivity index (χ3n) is 3.49. The largest absolute Gasteiger partial charge is 0.299 e. The van der Waals surface area contributed by atoms with E-state index in [4.69, 9.17) is 0 Å². The van der Waals surface area contributed by atoms with E-state index in [0.717, 1.165) is 12.8 Å². The van der Waals surface area contributed by atoms with Crippen LogP contribution in [0.5, 0.6) is 0 Å². The molecule has 1 aromatic heterocycles. The van der Waals surface area contributed by atoms with Gasteiger partial charge in [0.15, 0.2) is 0 Å². The SMILES string of the molecule is CCC1(C)C(=O)CC1c1sccc1Br. The van der Waals surface area contributed by atoms with Crippen molar-refractivity contribution in [1.29, 1.82) is 0 Å². The first kappa shape index (κ1) is 10.4. The van der Waals surface area contributed by atoms with Crippen LogP contribution in [0.25, 0.3) is 0 Å². The maximum Gasteiger partial charge on any atom is 0.140 e. The van der Waals surface area contributed by atoms with Crippen LogP contribution >= 0.6 is 27.3 Å². The Morgan fingerprint density at radius 1 is 1.71 bits per heavy atom. The molecule has 0 N–H and O–H groups in total. The van der Waals surface area contributed by atoms with Crippen molar-refractivity contribution in [2.24, 2.45) is 5.41 Å². The quantitative estimate of drug-likeness (QED) is 0.796. The number of hydrogen-bond donors (Lipinski definition) is 0. The number of thiophene rings is 1. The molecule has 2 rings (SSSR count). The van der Waals surface area contributed by atoms with Gasteiger partial charge in [-0.15, -0.1) is 11.3 Å². The van der Waals surface area contributed by atoms with E-state index in [1.165, 1.54) is 9.35 Å². The van der Waals surface area contributed by atoms with E-state index >= 15 is 0 Å². The fraction of sp³-hybridized carbons (Fsp3) is 0.545. The standard InChI is InChI=1S/C11H13BrOS/c1-3-11(2)7(6-9(11)13)10-8(12)4-5-14-10/h4-5,7H,3,6H2,1-2H3. The van der Waals surface area contributed by atoms with E-state index in [1.807, 2.05) is 0 Å². The number of rotatable bonds is 2. The van der Waals surface area contributed by atoms with E-state index < -0.39 is 0 Å². The summed E-state index contributed by atoms with van der Waals surface area (Å²) in [6.45, 7) is 4.20. The van der Waals surface area contributed by atoms with Crippen LogP contribution in [-0.4, -0.2) is 5.78 Å². The molecule has 76 valence electrons. The van der Waals surface area contributed by atoms with Crippen molar-refractivity contribution in [1.82, 2.24) is 0 Å². The Kier molecular flexibility index (Phi) is 2.56. The number of Topliss-reactive ketones (excluding diaryl/α,β-unsaturated/α-hetero) is 1. The highest BCUT2D eigenvalue weighted by molar-refractivity contribution is 9.10. The molecule has 14 heavy (non-hydrogen) atoms. The molecule has 1 fully saturated rings. The molecule has 2 atom stereocenters. The molecule has 0 amide bonds. The second-order valence-electron chi connectivity index (χ2n) is 4.08. The minimum atomic E-state index is -0.104. The Morgan fingerprint density at radius 3 is 2.86 bits per heavy atom. The number of ketones is 1. The van der Waals surface area contributed by atoms with Crippen molar-refractivity contribution < 1.29 is 4.79 Å². The molecule has 0 aromatic carbocycles. The molecule has 0 bridgehead atoms. The zero-order chi connectivity index (χ0) is 10.3. The molecule has 0 radical (unpaired) electrons. The van der Waals surface area contributed by atoms with Gasteiger partial charge in [-0.3, -0.25) is 4.79 Å². The normalized spacial score (nSPS) is 31.6. The fourth-order valence-electron chi connectivity index (χ4n) is 2.09. The van der Waals surface area contributed by atoms with Crippen LogP contribution in [0.4, 0.5) is 0 Å². The summed E-state index contributed by atoms with van der Waals surface area (Å²) in [6.07, 6.45) is 1.67. The predicted octanol–water partition coefficient (Wildman–Crippen LogP) is 3.98. The summed E-state index contributed by atoms with van der Waals surface area (Å²) in [4.78, 5) is 12.9. The minimum Gasteiger partial charge on any atom is -0.299 e. The Balaban J connectivity index is 2.31. The zero-order valence-corrected chi connectivity index (χ0v) is 10.7. The van der Waals surface area contributed by atoms with Crippen LogP contribution in [0.1, 0.15) is 37.5 Å². The summed E-state index contributed by atoms with van der Waals surface area (Å²) in [6, 6.07) is 2.07. The lowest BCUT2D eigenvalue weighted by atomic mass is 9.58. The molecule has 0 saturated heterocycles. The van der Waals surface area contributed by atoms with Crippen molar-refractivity contribution in [3.8, 4) is 0 Å². The van der Waals surface area contributed by atoms with Crippen LogP contribution in [0.2, 0.25) is 0 Å². The molecular formula is C11H13BrOS. The third kappa shape index (κ3) is 1.29. The van der Waals surface area contributed by atoms with Crippen LogP contribution in [0, 0.1) is 5.41 Å². The Bertz CT molecular complexity index is 371. The highest BCUT2D eigenvalue weighted by atomic mass is 79.9. The Morgan fingerprint density at radius 2 is 2.43 bits per heavy atom. The van der Waals surface area contributed by atoms with Gasteiger partial charge >= 0.3 is 0 Å². The van der Waals surface area contributed by atoms with E-state index in [2.05, 4.69) is 41.2 Å². The first-order valence-corrected chi connectivity index (χ1v) is 6.53. The summed E-state index contributed by atoms with van der Waals surface area (Å²) >= 11 is 5.30. The molecule has 1 aliphatic carbocycles.